The van der Waals surface area contributed by atoms with E-state index in [0.717, 1.165) is 23.4 Å². The lowest BCUT2D eigenvalue weighted by Gasteiger charge is -2.46. The molecule has 0 bridgehead atoms. The van der Waals surface area contributed by atoms with Gasteiger partial charge in [0, 0.05) is 40.9 Å². The van der Waals surface area contributed by atoms with E-state index in [1.807, 2.05) is 13.0 Å². The number of nitrogens with zero attached hydrogens (tertiary/aromatic N) is 1. The molecular weight excluding hydrogens is 446 g/mol. The van der Waals surface area contributed by atoms with Gasteiger partial charge in [0.15, 0.2) is 0 Å². The molecule has 2 fully saturated rings. The van der Waals surface area contributed by atoms with Gasteiger partial charge in [-0.2, -0.15) is 0 Å². The maximum atomic E-state index is 12.5. The minimum absolute atomic E-state index is 0.0708. The number of aliphatic hydroxyl groups excluding tert-OH is 1. The molecule has 33 heavy (non-hydrogen) atoms. The zero-order valence-corrected chi connectivity index (χ0v) is 19.3. The van der Waals surface area contributed by atoms with E-state index in [0.29, 0.717) is 13.1 Å². The van der Waals surface area contributed by atoms with E-state index in [1.165, 1.54) is 16.7 Å². The number of β-lactam (4-membered cyclic amide) rings is 1. The van der Waals surface area contributed by atoms with E-state index in [-0.39, 0.29) is 40.4 Å². The first kappa shape index (κ1) is 23.6. The van der Waals surface area contributed by atoms with Crippen molar-refractivity contribution >= 4 is 35.3 Å². The van der Waals surface area contributed by atoms with Gasteiger partial charge in [0.2, 0.25) is 5.91 Å². The van der Waals surface area contributed by atoms with E-state index in [9.17, 15) is 24.6 Å². The second kappa shape index (κ2) is 9.36. The van der Waals surface area contributed by atoms with Crippen molar-refractivity contribution in [3.8, 4) is 0 Å². The third-order valence-corrected chi connectivity index (χ3v) is 8.29. The second-order valence-electron chi connectivity index (χ2n) is 8.96. The van der Waals surface area contributed by atoms with Crippen molar-refractivity contribution in [2.75, 3.05) is 18.4 Å². The minimum Gasteiger partial charge on any atom is -0.478 e. The van der Waals surface area contributed by atoms with Crippen LogP contribution in [-0.2, 0) is 9.59 Å². The molecule has 3 aliphatic heterocycles. The minimum atomic E-state index is -1.10. The maximum absolute atomic E-state index is 12.5. The Morgan fingerprint density at radius 1 is 1.27 bits per heavy atom. The predicted molar refractivity (Wildman–Crippen MR) is 124 cm³/mol. The number of piperidine rings is 1. The summed E-state index contributed by atoms with van der Waals surface area (Å²) in [4.78, 5) is 37.6. The number of hydrogen-bond acceptors (Lipinski definition) is 7. The molecule has 1 aromatic rings. The van der Waals surface area contributed by atoms with Gasteiger partial charge in [-0.1, -0.05) is 13.0 Å². The van der Waals surface area contributed by atoms with Gasteiger partial charge >= 0.3 is 11.9 Å². The number of nitrogens with one attached hydrogen (secondary N) is 2. The van der Waals surface area contributed by atoms with Crippen molar-refractivity contribution in [3.05, 3.63) is 40.4 Å². The monoisotopic (exact) mass is 475 g/mol. The number of hydrogen-bond donors (Lipinski definition) is 5. The van der Waals surface area contributed by atoms with Gasteiger partial charge in [-0.3, -0.25) is 4.79 Å². The van der Waals surface area contributed by atoms with Gasteiger partial charge in [-0.25, -0.2) is 9.59 Å². The molecule has 0 aromatic heterocycles. The van der Waals surface area contributed by atoms with Crippen LogP contribution in [0.5, 0.6) is 0 Å². The maximum Gasteiger partial charge on any atom is 0.353 e. The lowest BCUT2D eigenvalue weighted by Crippen LogP contribution is -2.63. The second-order valence-corrected chi connectivity index (χ2v) is 10.3. The molecular formula is C23H29N3O6S. The number of carboxylic acid groups (broad SMARTS) is 2. The zero-order chi connectivity index (χ0) is 23.9. The number of anilines is 1. The fourth-order valence-corrected chi connectivity index (χ4v) is 6.47. The smallest absolute Gasteiger partial charge is 0.353 e. The van der Waals surface area contributed by atoms with Crippen LogP contribution in [0.4, 0.5) is 5.69 Å². The molecule has 0 radical (unpaired) electrons. The lowest BCUT2D eigenvalue weighted by molar-refractivity contribution is -0.163. The Bertz CT molecular complexity index is 988. The molecule has 9 nitrogen and oxygen atoms in total. The van der Waals surface area contributed by atoms with Crippen LogP contribution in [0.15, 0.2) is 34.9 Å². The number of carbonyl (C=O) groups excluding carboxylic acids is 1. The number of carboxylic acids is 2. The summed E-state index contributed by atoms with van der Waals surface area (Å²) in [6.45, 7) is 4.87. The molecule has 1 aromatic carbocycles. The van der Waals surface area contributed by atoms with Crippen LogP contribution in [0.1, 0.15) is 37.0 Å². The summed E-state index contributed by atoms with van der Waals surface area (Å²) in [6, 6.07) is 6.63. The first-order chi connectivity index (χ1) is 15.7. The van der Waals surface area contributed by atoms with Crippen molar-refractivity contribution in [2.45, 2.75) is 50.1 Å². The fourth-order valence-electron chi connectivity index (χ4n) is 5.03. The Morgan fingerprint density at radius 2 is 2.03 bits per heavy atom. The molecule has 1 amide bonds. The normalized spacial score (nSPS) is 30.0. The van der Waals surface area contributed by atoms with Crippen LogP contribution in [0, 0.1) is 11.8 Å². The summed E-state index contributed by atoms with van der Waals surface area (Å²) >= 11 is 1.53. The van der Waals surface area contributed by atoms with Crippen molar-refractivity contribution in [1.82, 2.24) is 10.2 Å². The van der Waals surface area contributed by atoms with Crippen LogP contribution in [0.3, 0.4) is 0 Å². The number of carbonyl (C=O) groups is 3. The number of benzene rings is 1. The van der Waals surface area contributed by atoms with Crippen molar-refractivity contribution < 1.29 is 29.7 Å². The van der Waals surface area contributed by atoms with Crippen molar-refractivity contribution in [1.29, 1.82) is 0 Å². The molecule has 2 saturated heterocycles. The average molecular weight is 476 g/mol. The molecule has 0 saturated carbocycles. The number of thioether (sulfide) groups is 1. The van der Waals surface area contributed by atoms with Gasteiger partial charge in [-0.15, -0.1) is 11.8 Å². The number of amides is 1. The molecule has 0 spiro atoms. The quantitative estimate of drug-likeness (QED) is 0.356. The molecule has 3 aliphatic rings. The highest BCUT2D eigenvalue weighted by Crippen LogP contribution is 2.51. The van der Waals surface area contributed by atoms with Crippen molar-refractivity contribution in [2.24, 2.45) is 11.8 Å². The van der Waals surface area contributed by atoms with Crippen LogP contribution < -0.4 is 10.6 Å². The number of aromatic carboxylic acids is 1. The standard InChI is InChI=1S/C23H29N3O6S/c1-11-18-17(12(2)27)21(28)26(18)19(23(31)32)20(11)33-16-7-6-15(25-10-16)9-24-14-5-3-4-13(8-14)22(29)30/h3-5,8,11-12,15-18,24-25,27H,6-7,9-10H2,1-2H3,(H,29,30)(H,31,32)/t11-,12-,15?,16?,17-,18-/m1/s1. The Balaban J connectivity index is 1.34. The topological polar surface area (TPSA) is 139 Å². The van der Waals surface area contributed by atoms with E-state index in [4.69, 9.17) is 5.11 Å². The van der Waals surface area contributed by atoms with Crippen LogP contribution in [0.25, 0.3) is 0 Å². The van der Waals surface area contributed by atoms with E-state index < -0.39 is 24.0 Å². The van der Waals surface area contributed by atoms with Crippen molar-refractivity contribution in [3.63, 3.8) is 0 Å². The SMILES string of the molecule is C[C@@H](O)[C@H]1C(=O)N2C(C(=O)O)=C(SC3CCC(CNc4cccc(C(=O)O)c4)NC3)[C@H](C)[C@H]12. The fraction of sp³-hybridized carbons (Fsp3) is 0.522. The van der Waals surface area contributed by atoms with Crippen LogP contribution in [0.2, 0.25) is 0 Å². The van der Waals surface area contributed by atoms with Gasteiger partial charge in [-0.05, 0) is 38.0 Å². The summed E-state index contributed by atoms with van der Waals surface area (Å²) in [6.07, 6.45) is 0.970. The third kappa shape index (κ3) is 4.47. The van der Waals surface area contributed by atoms with Gasteiger partial charge < -0.3 is 30.9 Å². The first-order valence-corrected chi connectivity index (χ1v) is 12.0. The van der Waals surface area contributed by atoms with E-state index in [2.05, 4.69) is 10.6 Å². The molecule has 6 atom stereocenters. The van der Waals surface area contributed by atoms with E-state index in [1.54, 1.807) is 25.1 Å². The highest BCUT2D eigenvalue weighted by molar-refractivity contribution is 8.03. The lowest BCUT2D eigenvalue weighted by atomic mass is 9.79. The van der Waals surface area contributed by atoms with E-state index >= 15 is 0 Å². The van der Waals surface area contributed by atoms with Gasteiger partial charge in [0.05, 0.1) is 23.6 Å². The Kier molecular flexibility index (Phi) is 6.69. The highest BCUT2D eigenvalue weighted by atomic mass is 32.2. The number of aliphatic carboxylic acids is 1. The van der Waals surface area contributed by atoms with Crippen LogP contribution >= 0.6 is 11.8 Å². The number of fused-ring (bicyclic) bond motifs is 1. The summed E-state index contributed by atoms with van der Waals surface area (Å²) < 4.78 is 0. The number of rotatable bonds is 8. The Hall–Kier alpha value is -2.56. The molecule has 3 heterocycles. The average Bonchev–Trinajstić information content (AvgIpc) is 3.01. The first-order valence-electron chi connectivity index (χ1n) is 11.1. The molecule has 5 N–H and O–H groups in total. The molecule has 2 unspecified atom stereocenters. The summed E-state index contributed by atoms with van der Waals surface area (Å²) in [5.41, 5.74) is 1.06. The zero-order valence-electron chi connectivity index (χ0n) is 18.5. The molecule has 0 aliphatic carbocycles. The highest BCUT2D eigenvalue weighted by Gasteiger charge is 2.60. The van der Waals surface area contributed by atoms with Crippen LogP contribution in [-0.4, -0.2) is 74.6 Å². The van der Waals surface area contributed by atoms with Gasteiger partial charge in [0.25, 0.3) is 0 Å². The predicted octanol–water partition coefficient (Wildman–Crippen LogP) is 1.80. The largest absolute Gasteiger partial charge is 0.478 e. The van der Waals surface area contributed by atoms with Gasteiger partial charge in [0.1, 0.15) is 5.70 Å². The Morgan fingerprint density at radius 3 is 2.64 bits per heavy atom. The molecule has 10 heteroatoms. The third-order valence-electron chi connectivity index (χ3n) is 6.74. The Labute approximate surface area is 196 Å². The summed E-state index contributed by atoms with van der Waals surface area (Å²) in [5.74, 6) is -3.04. The number of aliphatic hydroxyl groups is 1. The summed E-state index contributed by atoms with van der Waals surface area (Å²) in [5, 5.41) is 35.8. The molecule has 4 rings (SSSR count). The summed E-state index contributed by atoms with van der Waals surface area (Å²) in [7, 11) is 0. The molecule has 178 valence electrons.